The molecule has 3 N–H and O–H groups in total. The molecule has 2 aromatic rings. The van der Waals surface area contributed by atoms with Crippen LogP contribution < -0.4 is 10.9 Å². The molecular formula is C19H20N2O4. The quantitative estimate of drug-likeness (QED) is 0.745. The van der Waals surface area contributed by atoms with Gasteiger partial charge in [-0.15, -0.1) is 0 Å². The van der Waals surface area contributed by atoms with Gasteiger partial charge in [0.2, 0.25) is 0 Å². The van der Waals surface area contributed by atoms with Crippen molar-refractivity contribution < 1.29 is 14.7 Å². The zero-order chi connectivity index (χ0) is 17.8. The van der Waals surface area contributed by atoms with E-state index in [0.717, 1.165) is 43.4 Å². The fraction of sp³-hybridized carbons (Fsp3) is 0.316. The Labute approximate surface area is 144 Å². The number of aliphatic carboxylic acids is 1. The van der Waals surface area contributed by atoms with E-state index in [2.05, 4.69) is 10.3 Å². The van der Waals surface area contributed by atoms with Gasteiger partial charge in [0, 0.05) is 11.4 Å². The second-order valence-electron chi connectivity index (χ2n) is 6.30. The Kier molecular flexibility index (Phi) is 4.97. The smallest absolute Gasteiger partial charge is 0.307 e. The van der Waals surface area contributed by atoms with E-state index in [4.69, 9.17) is 5.11 Å². The highest BCUT2D eigenvalue weighted by Crippen LogP contribution is 2.19. The van der Waals surface area contributed by atoms with Crippen LogP contribution in [0.3, 0.4) is 0 Å². The third-order valence-corrected chi connectivity index (χ3v) is 4.37. The van der Waals surface area contributed by atoms with Crippen LogP contribution in [0.15, 0.2) is 35.1 Å². The number of carbonyl (C=O) groups excluding carboxylic acids is 1. The second-order valence-corrected chi connectivity index (χ2v) is 6.30. The highest BCUT2D eigenvalue weighted by Gasteiger charge is 2.16. The van der Waals surface area contributed by atoms with Crippen LogP contribution in [0.1, 0.15) is 46.4 Å². The standard InChI is InChI=1S/C19H20N2O4/c22-17(23)10-12-5-4-7-14(9-12)20-18(24)15-11-13-6-2-1-3-8-16(13)21-19(15)25/h4-5,7,9,11H,1-3,6,8,10H2,(H,20,24)(H,21,25)(H,22,23). The van der Waals surface area contributed by atoms with Crippen LogP contribution in [0.5, 0.6) is 0 Å². The second kappa shape index (κ2) is 7.34. The number of rotatable bonds is 4. The predicted octanol–water partition coefficient (Wildman–Crippen LogP) is 2.52. The number of nitrogens with one attached hydrogen (secondary N) is 2. The third kappa shape index (κ3) is 4.15. The van der Waals surface area contributed by atoms with Crippen LogP contribution >= 0.6 is 0 Å². The molecule has 3 rings (SSSR count). The first-order chi connectivity index (χ1) is 12.0. The minimum absolute atomic E-state index is 0.0873. The fourth-order valence-corrected chi connectivity index (χ4v) is 3.15. The number of aromatic nitrogens is 1. The molecule has 1 aromatic carbocycles. The van der Waals surface area contributed by atoms with Crippen molar-refractivity contribution >= 4 is 17.6 Å². The number of aromatic amines is 1. The molecule has 130 valence electrons. The van der Waals surface area contributed by atoms with E-state index >= 15 is 0 Å². The molecule has 1 aliphatic carbocycles. The maximum absolute atomic E-state index is 12.5. The summed E-state index contributed by atoms with van der Waals surface area (Å²) in [5, 5.41) is 11.5. The number of fused-ring (bicyclic) bond motifs is 1. The Morgan fingerprint density at radius 2 is 1.92 bits per heavy atom. The van der Waals surface area contributed by atoms with Crippen LogP contribution in [0.2, 0.25) is 0 Å². The van der Waals surface area contributed by atoms with Crippen LogP contribution in [-0.2, 0) is 24.1 Å². The molecule has 0 bridgehead atoms. The number of H-pyrrole nitrogens is 1. The lowest BCUT2D eigenvalue weighted by Gasteiger charge is -2.10. The summed E-state index contributed by atoms with van der Waals surface area (Å²) in [6.45, 7) is 0. The highest BCUT2D eigenvalue weighted by atomic mass is 16.4. The van der Waals surface area contributed by atoms with E-state index < -0.39 is 11.9 Å². The molecule has 0 spiro atoms. The molecule has 25 heavy (non-hydrogen) atoms. The van der Waals surface area contributed by atoms with Gasteiger partial charge in [-0.1, -0.05) is 18.6 Å². The number of hydrogen-bond donors (Lipinski definition) is 3. The van der Waals surface area contributed by atoms with Crippen molar-refractivity contribution in [2.24, 2.45) is 0 Å². The Morgan fingerprint density at radius 3 is 2.72 bits per heavy atom. The van der Waals surface area contributed by atoms with Crippen molar-refractivity contribution in [1.29, 1.82) is 0 Å². The zero-order valence-electron chi connectivity index (χ0n) is 13.8. The number of carbonyl (C=O) groups is 2. The molecule has 1 aromatic heterocycles. The lowest BCUT2D eigenvalue weighted by atomic mass is 10.1. The Hall–Kier alpha value is -2.89. The molecule has 0 unspecified atom stereocenters. The first-order valence-electron chi connectivity index (χ1n) is 8.40. The topological polar surface area (TPSA) is 99.3 Å². The van der Waals surface area contributed by atoms with Crippen LogP contribution in [0.25, 0.3) is 0 Å². The third-order valence-electron chi connectivity index (χ3n) is 4.37. The predicted molar refractivity (Wildman–Crippen MR) is 94.1 cm³/mol. The lowest BCUT2D eigenvalue weighted by Crippen LogP contribution is -2.25. The highest BCUT2D eigenvalue weighted by molar-refractivity contribution is 6.04. The number of amides is 1. The van der Waals surface area contributed by atoms with E-state index in [-0.39, 0.29) is 17.5 Å². The number of benzene rings is 1. The van der Waals surface area contributed by atoms with Gasteiger partial charge < -0.3 is 15.4 Å². The molecule has 1 aliphatic rings. The molecule has 0 radical (unpaired) electrons. The molecule has 1 heterocycles. The molecular weight excluding hydrogens is 320 g/mol. The van der Waals surface area contributed by atoms with E-state index in [1.165, 1.54) is 0 Å². The SMILES string of the molecule is O=C(O)Cc1cccc(NC(=O)c2cc3c([nH]c2=O)CCCCC3)c1. The van der Waals surface area contributed by atoms with Gasteiger partial charge in [0.15, 0.2) is 0 Å². The molecule has 0 fully saturated rings. The van der Waals surface area contributed by atoms with Crippen molar-refractivity contribution in [3.8, 4) is 0 Å². The van der Waals surface area contributed by atoms with E-state index in [9.17, 15) is 14.4 Å². The van der Waals surface area contributed by atoms with E-state index in [0.29, 0.717) is 11.3 Å². The van der Waals surface area contributed by atoms with E-state index in [1.54, 1.807) is 30.3 Å². The van der Waals surface area contributed by atoms with Crippen LogP contribution in [-0.4, -0.2) is 22.0 Å². The van der Waals surface area contributed by atoms with Gasteiger partial charge in [-0.2, -0.15) is 0 Å². The largest absolute Gasteiger partial charge is 0.481 e. The van der Waals surface area contributed by atoms with Crippen LogP contribution in [0.4, 0.5) is 5.69 Å². The van der Waals surface area contributed by atoms with Crippen molar-refractivity contribution in [1.82, 2.24) is 4.98 Å². The number of hydrogen-bond acceptors (Lipinski definition) is 3. The van der Waals surface area contributed by atoms with Crippen molar-refractivity contribution in [3.63, 3.8) is 0 Å². The van der Waals surface area contributed by atoms with E-state index in [1.807, 2.05) is 0 Å². The van der Waals surface area contributed by atoms with Gasteiger partial charge in [-0.05, 0) is 55.0 Å². The van der Waals surface area contributed by atoms with Crippen molar-refractivity contribution in [3.05, 3.63) is 63.1 Å². The average molecular weight is 340 g/mol. The van der Waals surface area contributed by atoms with Gasteiger partial charge in [-0.3, -0.25) is 14.4 Å². The Balaban J connectivity index is 1.83. The summed E-state index contributed by atoms with van der Waals surface area (Å²) < 4.78 is 0. The van der Waals surface area contributed by atoms with Crippen molar-refractivity contribution in [2.45, 2.75) is 38.5 Å². The molecule has 0 saturated heterocycles. The summed E-state index contributed by atoms with van der Waals surface area (Å²) in [5.41, 5.74) is 2.72. The molecule has 0 aliphatic heterocycles. The summed E-state index contributed by atoms with van der Waals surface area (Å²) in [6, 6.07) is 8.31. The molecule has 6 nitrogen and oxygen atoms in total. The molecule has 6 heteroatoms. The van der Waals surface area contributed by atoms with Gasteiger partial charge in [0.1, 0.15) is 5.56 Å². The molecule has 1 amide bonds. The van der Waals surface area contributed by atoms with Crippen LogP contribution in [0, 0.1) is 0 Å². The first kappa shape index (κ1) is 17.0. The minimum atomic E-state index is -0.939. The Morgan fingerprint density at radius 1 is 1.12 bits per heavy atom. The van der Waals surface area contributed by atoms with Crippen molar-refractivity contribution in [2.75, 3.05) is 5.32 Å². The van der Waals surface area contributed by atoms with Gasteiger partial charge >= 0.3 is 5.97 Å². The molecule has 0 saturated carbocycles. The van der Waals surface area contributed by atoms with Gasteiger partial charge in [0.05, 0.1) is 6.42 Å². The number of pyridine rings is 1. The maximum atomic E-state index is 12.5. The normalized spacial score (nSPS) is 13.6. The lowest BCUT2D eigenvalue weighted by molar-refractivity contribution is -0.136. The zero-order valence-corrected chi connectivity index (χ0v) is 13.8. The monoisotopic (exact) mass is 340 g/mol. The average Bonchev–Trinajstić information content (AvgIpc) is 2.78. The summed E-state index contributed by atoms with van der Waals surface area (Å²) >= 11 is 0. The van der Waals surface area contributed by atoms with Gasteiger partial charge in [-0.25, -0.2) is 0 Å². The Bertz CT molecular complexity index is 870. The number of carboxylic acids is 1. The summed E-state index contributed by atoms with van der Waals surface area (Å²) in [4.78, 5) is 38.4. The fourth-order valence-electron chi connectivity index (χ4n) is 3.15. The number of carboxylic acid groups (broad SMARTS) is 1. The summed E-state index contributed by atoms with van der Waals surface area (Å²) in [5.74, 6) is -1.42. The number of anilines is 1. The summed E-state index contributed by atoms with van der Waals surface area (Å²) in [7, 11) is 0. The maximum Gasteiger partial charge on any atom is 0.307 e. The molecule has 0 atom stereocenters. The first-order valence-corrected chi connectivity index (χ1v) is 8.40. The minimum Gasteiger partial charge on any atom is -0.481 e. The number of aryl methyl sites for hydroxylation is 2. The summed E-state index contributed by atoms with van der Waals surface area (Å²) in [6.07, 6.45) is 4.80. The van der Waals surface area contributed by atoms with Gasteiger partial charge in [0.25, 0.3) is 11.5 Å².